The van der Waals surface area contributed by atoms with Gasteiger partial charge in [-0.25, -0.2) is 37.7 Å². The van der Waals surface area contributed by atoms with E-state index in [9.17, 15) is 54.6 Å². The standard InChI is InChI=1S/C34H31N3O13/c1-2-7-35-32(46)36(14-24(38)16-49-30(44)20-5-3-18-10-26(40)28(42)12-22(18)8-20)34(48)37(33(35)47)15-25(39)17-50-31(45)21-6-4-19-11-27(41)29(43)13-23(19)9-21/h2-6,8-13,24-25,38-43H,1,7,14-17H2. The topological polar surface area (TPSA) is 240 Å². The zero-order valence-electron chi connectivity index (χ0n) is 26.1. The number of carbonyl (C=O) groups is 2. The fourth-order valence-electron chi connectivity index (χ4n) is 5.12. The van der Waals surface area contributed by atoms with Crippen molar-refractivity contribution in [3.63, 3.8) is 0 Å². The van der Waals surface area contributed by atoms with E-state index in [1.807, 2.05) is 0 Å². The second-order valence-electron chi connectivity index (χ2n) is 11.3. The summed E-state index contributed by atoms with van der Waals surface area (Å²) in [5.41, 5.74) is -3.31. The molecule has 0 radical (unpaired) electrons. The van der Waals surface area contributed by atoms with Crippen LogP contribution in [0.3, 0.4) is 0 Å². The van der Waals surface area contributed by atoms with Crippen LogP contribution in [0.4, 0.5) is 0 Å². The summed E-state index contributed by atoms with van der Waals surface area (Å²) in [5.74, 6) is -3.23. The first-order chi connectivity index (χ1) is 23.8. The maximum absolute atomic E-state index is 13.3. The molecule has 1 heterocycles. The van der Waals surface area contributed by atoms with Gasteiger partial charge in [0.25, 0.3) is 0 Å². The summed E-state index contributed by atoms with van der Waals surface area (Å²) in [7, 11) is 0. The summed E-state index contributed by atoms with van der Waals surface area (Å²) in [6.45, 7) is 0.391. The lowest BCUT2D eigenvalue weighted by molar-refractivity contribution is 0.0189. The lowest BCUT2D eigenvalue weighted by atomic mass is 10.1. The van der Waals surface area contributed by atoms with Crippen LogP contribution < -0.4 is 17.1 Å². The van der Waals surface area contributed by atoms with Crippen LogP contribution in [0.2, 0.25) is 0 Å². The quantitative estimate of drug-likeness (QED) is 0.0608. The third-order valence-electron chi connectivity index (χ3n) is 7.64. The molecule has 0 spiro atoms. The van der Waals surface area contributed by atoms with Gasteiger partial charge in [-0.1, -0.05) is 18.2 Å². The number of hydrogen-bond donors (Lipinski definition) is 6. The molecule has 260 valence electrons. The van der Waals surface area contributed by atoms with E-state index in [0.29, 0.717) is 35.2 Å². The molecule has 2 atom stereocenters. The molecule has 16 nitrogen and oxygen atoms in total. The van der Waals surface area contributed by atoms with Gasteiger partial charge in [-0.15, -0.1) is 6.58 Å². The van der Waals surface area contributed by atoms with Crippen LogP contribution in [0.1, 0.15) is 20.7 Å². The molecule has 16 heteroatoms. The fraction of sp³-hybridized carbons (Fsp3) is 0.206. The van der Waals surface area contributed by atoms with E-state index in [-0.39, 0.29) is 29.2 Å². The molecule has 0 amide bonds. The average molecular weight is 690 g/mol. The summed E-state index contributed by atoms with van der Waals surface area (Å²) >= 11 is 0. The number of aromatic hydroxyl groups is 4. The SMILES string of the molecule is C=CCn1c(=O)n(CC(O)COC(=O)c2ccc3cc(O)c(O)cc3c2)c(=O)n(CC(O)COC(=O)c2ccc3cc(O)c(O)cc3c2)c1=O. The van der Waals surface area contributed by atoms with E-state index < -0.39 is 79.0 Å². The van der Waals surface area contributed by atoms with Crippen LogP contribution >= 0.6 is 0 Å². The molecular weight excluding hydrogens is 658 g/mol. The van der Waals surface area contributed by atoms with Crippen molar-refractivity contribution in [3.8, 4) is 23.0 Å². The van der Waals surface area contributed by atoms with Gasteiger partial charge < -0.3 is 40.1 Å². The van der Waals surface area contributed by atoms with Gasteiger partial charge in [-0.3, -0.25) is 0 Å². The number of phenolic OH excluding ortho intramolecular Hbond substituents is 4. The van der Waals surface area contributed by atoms with E-state index in [1.165, 1.54) is 66.7 Å². The number of aliphatic hydroxyl groups is 2. The highest BCUT2D eigenvalue weighted by Gasteiger charge is 2.22. The van der Waals surface area contributed by atoms with Gasteiger partial charge in [-0.05, 0) is 70.1 Å². The molecule has 6 N–H and O–H groups in total. The van der Waals surface area contributed by atoms with Gasteiger partial charge in [0.1, 0.15) is 25.4 Å². The number of rotatable bonds is 12. The van der Waals surface area contributed by atoms with E-state index in [2.05, 4.69) is 6.58 Å². The third kappa shape index (κ3) is 7.35. The maximum atomic E-state index is 13.3. The number of esters is 2. The number of ether oxygens (including phenoxy) is 2. The summed E-state index contributed by atoms with van der Waals surface area (Å²) < 4.78 is 12.0. The van der Waals surface area contributed by atoms with Crippen molar-refractivity contribution in [2.45, 2.75) is 31.8 Å². The monoisotopic (exact) mass is 689 g/mol. The molecule has 0 aliphatic carbocycles. The van der Waals surface area contributed by atoms with E-state index in [4.69, 9.17) is 9.47 Å². The van der Waals surface area contributed by atoms with E-state index in [1.54, 1.807) is 0 Å². The molecule has 0 saturated heterocycles. The van der Waals surface area contributed by atoms with Gasteiger partial charge in [0.15, 0.2) is 23.0 Å². The maximum Gasteiger partial charge on any atom is 0.338 e. The molecule has 5 rings (SSSR count). The Morgan fingerprint density at radius 2 is 0.960 bits per heavy atom. The molecule has 0 saturated carbocycles. The van der Waals surface area contributed by atoms with Crippen LogP contribution in [-0.4, -0.2) is 81.7 Å². The average Bonchev–Trinajstić information content (AvgIpc) is 3.09. The molecular formula is C34H31N3O13. The smallest absolute Gasteiger partial charge is 0.338 e. The van der Waals surface area contributed by atoms with Crippen LogP contribution in [0.25, 0.3) is 21.5 Å². The molecule has 4 aromatic carbocycles. The minimum atomic E-state index is -1.60. The number of fused-ring (bicyclic) bond motifs is 2. The zero-order valence-corrected chi connectivity index (χ0v) is 26.1. The zero-order chi connectivity index (χ0) is 36.3. The highest BCUT2D eigenvalue weighted by atomic mass is 16.5. The largest absolute Gasteiger partial charge is 0.504 e. The number of allylic oxidation sites excluding steroid dienone is 1. The van der Waals surface area contributed by atoms with Gasteiger partial charge >= 0.3 is 29.0 Å². The van der Waals surface area contributed by atoms with Crippen molar-refractivity contribution in [3.05, 3.63) is 116 Å². The first-order valence-electron chi connectivity index (χ1n) is 14.9. The number of aliphatic hydroxyl groups excluding tert-OH is 2. The Labute approximate surface area is 280 Å². The van der Waals surface area contributed by atoms with Crippen molar-refractivity contribution >= 4 is 33.5 Å². The van der Waals surface area contributed by atoms with Crippen molar-refractivity contribution < 1.29 is 49.7 Å². The van der Waals surface area contributed by atoms with Crippen LogP contribution in [0.15, 0.2) is 87.7 Å². The Morgan fingerprint density at radius 3 is 1.34 bits per heavy atom. The minimum Gasteiger partial charge on any atom is -0.504 e. The van der Waals surface area contributed by atoms with E-state index >= 15 is 0 Å². The van der Waals surface area contributed by atoms with Crippen molar-refractivity contribution in [2.24, 2.45) is 0 Å². The molecule has 0 aliphatic heterocycles. The lowest BCUT2D eigenvalue weighted by Gasteiger charge is -2.18. The molecule has 5 aromatic rings. The van der Waals surface area contributed by atoms with Crippen LogP contribution in [0.5, 0.6) is 23.0 Å². The number of hydrogen-bond acceptors (Lipinski definition) is 13. The Hall–Kier alpha value is -6.39. The number of benzene rings is 4. The van der Waals surface area contributed by atoms with Crippen molar-refractivity contribution in [1.82, 2.24) is 13.7 Å². The second kappa shape index (κ2) is 14.4. The normalized spacial score (nSPS) is 12.4. The van der Waals surface area contributed by atoms with Crippen LogP contribution in [-0.2, 0) is 29.1 Å². The highest BCUT2D eigenvalue weighted by Crippen LogP contribution is 2.31. The summed E-state index contributed by atoms with van der Waals surface area (Å²) in [4.78, 5) is 64.7. The predicted octanol–water partition coefficient (Wildman–Crippen LogP) is 0.922. The highest BCUT2D eigenvalue weighted by molar-refractivity contribution is 5.97. The number of carbonyl (C=O) groups excluding carboxylic acids is 2. The van der Waals surface area contributed by atoms with Gasteiger partial charge in [-0.2, -0.15) is 0 Å². The Balaban J connectivity index is 1.27. The first-order valence-corrected chi connectivity index (χ1v) is 14.9. The lowest BCUT2D eigenvalue weighted by Crippen LogP contribution is -2.56. The number of phenols is 4. The third-order valence-corrected chi connectivity index (χ3v) is 7.64. The summed E-state index contributed by atoms with van der Waals surface area (Å²) in [5, 5.41) is 61.9. The predicted molar refractivity (Wildman–Crippen MR) is 177 cm³/mol. The van der Waals surface area contributed by atoms with Crippen molar-refractivity contribution in [1.29, 1.82) is 0 Å². The molecule has 0 fully saturated rings. The Morgan fingerprint density at radius 1 is 0.600 bits per heavy atom. The second-order valence-corrected chi connectivity index (χ2v) is 11.3. The Bertz CT molecular complexity index is 2170. The molecule has 0 bridgehead atoms. The fourth-order valence-corrected chi connectivity index (χ4v) is 5.12. The minimum absolute atomic E-state index is 0.0451. The van der Waals surface area contributed by atoms with Gasteiger partial charge in [0, 0.05) is 0 Å². The summed E-state index contributed by atoms with van der Waals surface area (Å²) in [6.07, 6.45) is -1.99. The van der Waals surface area contributed by atoms with Crippen LogP contribution in [0, 0.1) is 0 Å². The number of aromatic nitrogens is 3. The first kappa shape index (κ1) is 34.9. The van der Waals surface area contributed by atoms with Gasteiger partial charge in [0.05, 0.1) is 30.8 Å². The molecule has 50 heavy (non-hydrogen) atoms. The van der Waals surface area contributed by atoms with E-state index in [0.717, 1.165) is 0 Å². The van der Waals surface area contributed by atoms with Crippen molar-refractivity contribution in [2.75, 3.05) is 13.2 Å². The number of nitrogens with zero attached hydrogens (tertiary/aromatic N) is 3. The summed E-state index contributed by atoms with van der Waals surface area (Å²) in [6, 6.07) is 13.7. The molecule has 2 unspecified atom stereocenters. The van der Waals surface area contributed by atoms with Gasteiger partial charge in [0.2, 0.25) is 0 Å². The Kier molecular flexibility index (Phi) is 10.1. The molecule has 1 aromatic heterocycles. The molecule has 0 aliphatic rings.